The van der Waals surface area contributed by atoms with Crippen molar-refractivity contribution >= 4 is 5.97 Å². The van der Waals surface area contributed by atoms with Crippen molar-refractivity contribution < 1.29 is 15.0 Å². The van der Waals surface area contributed by atoms with Gasteiger partial charge in [0.1, 0.15) is 11.8 Å². The number of nitrogens with one attached hydrogen (secondary N) is 1. The van der Waals surface area contributed by atoms with Crippen LogP contribution in [0.25, 0.3) is 0 Å². The van der Waals surface area contributed by atoms with E-state index in [0.29, 0.717) is 6.42 Å². The lowest BCUT2D eigenvalue weighted by Crippen LogP contribution is -2.35. The van der Waals surface area contributed by atoms with Crippen LogP contribution in [-0.4, -0.2) is 29.3 Å². The molecule has 0 unspecified atom stereocenters. The zero-order valence-electron chi connectivity index (χ0n) is 7.90. The van der Waals surface area contributed by atoms with Crippen molar-refractivity contribution in [2.24, 2.45) is 0 Å². The minimum absolute atomic E-state index is 0.155. The van der Waals surface area contributed by atoms with Crippen LogP contribution in [0.4, 0.5) is 0 Å². The molecule has 0 fully saturated rings. The van der Waals surface area contributed by atoms with E-state index in [2.05, 4.69) is 5.32 Å². The number of carboxylic acid groups (broad SMARTS) is 1. The van der Waals surface area contributed by atoms with Gasteiger partial charge in [-0.3, -0.25) is 4.79 Å². The predicted molar refractivity (Wildman–Crippen MR) is 52.3 cm³/mol. The normalized spacial score (nSPS) is 12.4. The molecular weight excluding hydrogens is 182 g/mol. The topological polar surface area (TPSA) is 69.6 Å². The molecule has 0 spiro atoms. The minimum atomic E-state index is -0.893. The molecule has 0 aliphatic carbocycles. The number of rotatable bonds is 4. The molecule has 3 N–H and O–H groups in total. The van der Waals surface area contributed by atoms with Gasteiger partial charge in [-0.15, -0.1) is 0 Å². The zero-order chi connectivity index (χ0) is 10.6. The summed E-state index contributed by atoms with van der Waals surface area (Å²) < 4.78 is 0. The van der Waals surface area contributed by atoms with Crippen molar-refractivity contribution in [2.75, 3.05) is 7.05 Å². The molecule has 1 aromatic carbocycles. The summed E-state index contributed by atoms with van der Waals surface area (Å²) in [7, 11) is 1.60. The number of hydrogen-bond acceptors (Lipinski definition) is 3. The Kier molecular flexibility index (Phi) is 3.48. The second-order valence-corrected chi connectivity index (χ2v) is 3.05. The highest BCUT2D eigenvalue weighted by Gasteiger charge is 2.14. The molecule has 0 bridgehead atoms. The Morgan fingerprint density at radius 3 is 2.79 bits per heavy atom. The van der Waals surface area contributed by atoms with Gasteiger partial charge in [-0.25, -0.2) is 0 Å². The van der Waals surface area contributed by atoms with Crippen molar-refractivity contribution in [1.29, 1.82) is 0 Å². The largest absolute Gasteiger partial charge is 0.508 e. The number of aromatic hydroxyl groups is 1. The van der Waals surface area contributed by atoms with E-state index in [1.165, 1.54) is 0 Å². The number of carboxylic acids is 1. The highest BCUT2D eigenvalue weighted by Crippen LogP contribution is 2.12. The van der Waals surface area contributed by atoms with Gasteiger partial charge in [0.15, 0.2) is 0 Å². The Morgan fingerprint density at radius 1 is 1.57 bits per heavy atom. The molecule has 0 saturated carbocycles. The number of phenols is 1. The van der Waals surface area contributed by atoms with E-state index in [1.54, 1.807) is 31.3 Å². The maximum absolute atomic E-state index is 10.7. The number of hydrogen-bond donors (Lipinski definition) is 3. The Balaban J connectivity index is 2.72. The summed E-state index contributed by atoms with van der Waals surface area (Å²) in [5.41, 5.74) is 0.798. The van der Waals surface area contributed by atoms with Crippen molar-refractivity contribution in [3.05, 3.63) is 29.8 Å². The van der Waals surface area contributed by atoms with Gasteiger partial charge in [0, 0.05) is 0 Å². The Bertz CT molecular complexity index is 325. The SMILES string of the molecule is CN[C@@H](Cc1cccc(O)c1)C(=O)O. The number of carbonyl (C=O) groups is 1. The monoisotopic (exact) mass is 195 g/mol. The average molecular weight is 195 g/mol. The first-order valence-corrected chi connectivity index (χ1v) is 4.31. The molecule has 0 aliphatic rings. The highest BCUT2D eigenvalue weighted by atomic mass is 16.4. The van der Waals surface area contributed by atoms with E-state index in [-0.39, 0.29) is 5.75 Å². The lowest BCUT2D eigenvalue weighted by atomic mass is 10.1. The van der Waals surface area contributed by atoms with Gasteiger partial charge in [-0.05, 0) is 31.2 Å². The van der Waals surface area contributed by atoms with E-state index in [0.717, 1.165) is 5.56 Å². The fourth-order valence-electron chi connectivity index (χ4n) is 1.23. The van der Waals surface area contributed by atoms with Crippen LogP contribution in [0.15, 0.2) is 24.3 Å². The standard InChI is InChI=1S/C10H13NO3/c1-11-9(10(13)14)6-7-3-2-4-8(12)5-7/h2-5,9,11-12H,6H2,1H3,(H,13,14)/t9-/m0/s1. The lowest BCUT2D eigenvalue weighted by Gasteiger charge is -2.10. The summed E-state index contributed by atoms with van der Waals surface area (Å²) in [5, 5.41) is 20.6. The van der Waals surface area contributed by atoms with E-state index >= 15 is 0 Å². The molecule has 0 aliphatic heterocycles. The summed E-state index contributed by atoms with van der Waals surface area (Å²) >= 11 is 0. The molecule has 1 atom stereocenters. The van der Waals surface area contributed by atoms with Crippen molar-refractivity contribution in [3.63, 3.8) is 0 Å². The highest BCUT2D eigenvalue weighted by molar-refractivity contribution is 5.73. The second-order valence-electron chi connectivity index (χ2n) is 3.05. The first-order valence-electron chi connectivity index (χ1n) is 4.31. The van der Waals surface area contributed by atoms with E-state index < -0.39 is 12.0 Å². The van der Waals surface area contributed by atoms with E-state index in [4.69, 9.17) is 10.2 Å². The smallest absolute Gasteiger partial charge is 0.321 e. The molecule has 0 radical (unpaired) electrons. The third-order valence-corrected chi connectivity index (χ3v) is 2.00. The summed E-state index contributed by atoms with van der Waals surface area (Å²) in [4.78, 5) is 10.7. The molecule has 4 nitrogen and oxygen atoms in total. The van der Waals surface area contributed by atoms with Crippen molar-refractivity contribution in [1.82, 2.24) is 5.32 Å². The van der Waals surface area contributed by atoms with Crippen LogP contribution in [0.5, 0.6) is 5.75 Å². The van der Waals surface area contributed by atoms with Gasteiger partial charge in [0.2, 0.25) is 0 Å². The fraction of sp³-hybridized carbons (Fsp3) is 0.300. The first kappa shape index (κ1) is 10.5. The van der Waals surface area contributed by atoms with Crippen LogP contribution in [-0.2, 0) is 11.2 Å². The fourth-order valence-corrected chi connectivity index (χ4v) is 1.23. The molecule has 4 heteroatoms. The van der Waals surface area contributed by atoms with Crippen LogP contribution in [0.3, 0.4) is 0 Å². The quantitative estimate of drug-likeness (QED) is 0.658. The maximum Gasteiger partial charge on any atom is 0.321 e. The molecule has 1 rings (SSSR count). The summed E-state index contributed by atoms with van der Waals surface area (Å²) in [6.45, 7) is 0. The number of likely N-dealkylation sites (N-methyl/N-ethyl adjacent to an activating group) is 1. The van der Waals surface area contributed by atoms with E-state index in [9.17, 15) is 4.79 Å². The first-order chi connectivity index (χ1) is 6.63. The third-order valence-electron chi connectivity index (χ3n) is 2.00. The molecular formula is C10H13NO3. The van der Waals surface area contributed by atoms with E-state index in [1.807, 2.05) is 0 Å². The van der Waals surface area contributed by atoms with Crippen molar-refractivity contribution in [3.8, 4) is 5.75 Å². The lowest BCUT2D eigenvalue weighted by molar-refractivity contribution is -0.139. The second kappa shape index (κ2) is 4.62. The van der Waals surface area contributed by atoms with Crippen LogP contribution < -0.4 is 5.32 Å². The van der Waals surface area contributed by atoms with Crippen LogP contribution >= 0.6 is 0 Å². The molecule has 0 saturated heterocycles. The minimum Gasteiger partial charge on any atom is -0.508 e. The van der Waals surface area contributed by atoms with Crippen LogP contribution in [0.2, 0.25) is 0 Å². The van der Waals surface area contributed by atoms with Crippen LogP contribution in [0, 0.1) is 0 Å². The number of aliphatic carboxylic acids is 1. The molecule has 0 amide bonds. The Hall–Kier alpha value is -1.55. The van der Waals surface area contributed by atoms with Gasteiger partial charge in [-0.2, -0.15) is 0 Å². The number of phenolic OH excluding ortho intramolecular Hbond substituents is 1. The summed E-state index contributed by atoms with van der Waals surface area (Å²) in [6.07, 6.45) is 0.361. The molecule has 0 heterocycles. The molecule has 14 heavy (non-hydrogen) atoms. The van der Waals surface area contributed by atoms with Gasteiger partial charge in [0.25, 0.3) is 0 Å². The number of benzene rings is 1. The predicted octanol–water partition coefficient (Wildman–Crippen LogP) is 0.607. The Morgan fingerprint density at radius 2 is 2.29 bits per heavy atom. The molecule has 76 valence electrons. The van der Waals surface area contributed by atoms with Crippen LogP contribution in [0.1, 0.15) is 5.56 Å². The average Bonchev–Trinajstić information content (AvgIpc) is 2.14. The van der Waals surface area contributed by atoms with Gasteiger partial charge < -0.3 is 15.5 Å². The van der Waals surface area contributed by atoms with Gasteiger partial charge in [-0.1, -0.05) is 12.1 Å². The Labute approximate surface area is 82.2 Å². The summed E-state index contributed by atoms with van der Waals surface area (Å²) in [6, 6.07) is 5.98. The zero-order valence-corrected chi connectivity index (χ0v) is 7.90. The molecule has 1 aromatic rings. The van der Waals surface area contributed by atoms with Crippen molar-refractivity contribution in [2.45, 2.75) is 12.5 Å². The van der Waals surface area contributed by atoms with Gasteiger partial charge in [0.05, 0.1) is 0 Å². The third kappa shape index (κ3) is 2.74. The summed E-state index contributed by atoms with van der Waals surface area (Å²) in [5.74, 6) is -0.737. The van der Waals surface area contributed by atoms with Gasteiger partial charge >= 0.3 is 5.97 Å². The molecule has 0 aromatic heterocycles. The maximum atomic E-state index is 10.7.